The molecular weight excluding hydrogens is 292 g/mol. The molecule has 1 aliphatic heterocycles. The predicted octanol–water partition coefficient (Wildman–Crippen LogP) is 2.70. The highest BCUT2D eigenvalue weighted by Gasteiger charge is 2.31. The molecule has 0 aromatic heterocycles. The number of nitrogens with zero attached hydrogens (tertiary/aromatic N) is 2. The number of hydrogen-bond acceptors (Lipinski definition) is 3. The molecule has 1 aliphatic rings. The third-order valence-corrected chi connectivity index (χ3v) is 3.80. The van der Waals surface area contributed by atoms with Gasteiger partial charge in [0, 0.05) is 25.7 Å². The highest BCUT2D eigenvalue weighted by molar-refractivity contribution is 5.79. The third kappa shape index (κ3) is 4.98. The quantitative estimate of drug-likeness (QED) is 0.842. The molecule has 1 aromatic carbocycles. The van der Waals surface area contributed by atoms with Crippen molar-refractivity contribution in [3.05, 3.63) is 35.9 Å². The molecule has 0 N–H and O–H groups in total. The highest BCUT2D eigenvalue weighted by Crippen LogP contribution is 2.16. The van der Waals surface area contributed by atoms with Crippen LogP contribution in [0.2, 0.25) is 0 Å². The molecule has 5 nitrogen and oxygen atoms in total. The van der Waals surface area contributed by atoms with E-state index in [1.54, 1.807) is 4.90 Å². The van der Waals surface area contributed by atoms with Crippen molar-refractivity contribution in [2.75, 3.05) is 19.6 Å². The molecule has 1 saturated heterocycles. The van der Waals surface area contributed by atoms with E-state index in [2.05, 4.69) is 0 Å². The van der Waals surface area contributed by atoms with Crippen LogP contribution >= 0.6 is 0 Å². The molecule has 126 valence electrons. The van der Waals surface area contributed by atoms with Crippen molar-refractivity contribution in [2.45, 2.75) is 45.8 Å². The number of piperazine rings is 1. The number of rotatable bonds is 2. The van der Waals surface area contributed by atoms with E-state index in [9.17, 15) is 9.59 Å². The molecule has 0 bridgehead atoms. The van der Waals surface area contributed by atoms with Crippen LogP contribution in [0.1, 0.15) is 33.3 Å². The number of amides is 2. The van der Waals surface area contributed by atoms with Crippen molar-refractivity contribution >= 4 is 12.0 Å². The maximum absolute atomic E-state index is 12.5. The smallest absolute Gasteiger partial charge is 0.410 e. The van der Waals surface area contributed by atoms with Gasteiger partial charge in [-0.05, 0) is 33.3 Å². The Morgan fingerprint density at radius 1 is 1.17 bits per heavy atom. The van der Waals surface area contributed by atoms with Gasteiger partial charge >= 0.3 is 6.09 Å². The second kappa shape index (κ2) is 7.02. The van der Waals surface area contributed by atoms with Crippen LogP contribution in [0.25, 0.3) is 0 Å². The lowest BCUT2D eigenvalue weighted by Crippen LogP contribution is -2.56. The molecule has 0 unspecified atom stereocenters. The molecule has 2 amide bonds. The zero-order valence-electron chi connectivity index (χ0n) is 14.4. The van der Waals surface area contributed by atoms with Crippen LogP contribution in [-0.2, 0) is 16.0 Å². The van der Waals surface area contributed by atoms with Gasteiger partial charge in [0.1, 0.15) is 5.60 Å². The van der Waals surface area contributed by atoms with E-state index in [1.165, 1.54) is 0 Å². The molecule has 1 aromatic rings. The van der Waals surface area contributed by atoms with Crippen LogP contribution in [0.3, 0.4) is 0 Å². The van der Waals surface area contributed by atoms with Gasteiger partial charge in [-0.15, -0.1) is 0 Å². The lowest BCUT2D eigenvalue weighted by atomic mass is 10.1. The minimum Gasteiger partial charge on any atom is -0.444 e. The minimum absolute atomic E-state index is 0.00696. The molecule has 1 fully saturated rings. The topological polar surface area (TPSA) is 49.9 Å². The Labute approximate surface area is 138 Å². The predicted molar refractivity (Wildman–Crippen MR) is 89.1 cm³/mol. The zero-order valence-corrected chi connectivity index (χ0v) is 14.4. The van der Waals surface area contributed by atoms with E-state index in [-0.39, 0.29) is 18.0 Å². The van der Waals surface area contributed by atoms with Crippen molar-refractivity contribution in [1.29, 1.82) is 0 Å². The summed E-state index contributed by atoms with van der Waals surface area (Å²) in [6, 6.07) is 9.72. The molecular formula is C18H26N2O3. The number of hydrogen-bond donors (Lipinski definition) is 0. The van der Waals surface area contributed by atoms with E-state index in [4.69, 9.17) is 4.74 Å². The first-order valence-corrected chi connectivity index (χ1v) is 8.07. The molecule has 0 radical (unpaired) electrons. The summed E-state index contributed by atoms with van der Waals surface area (Å²) in [5, 5.41) is 0. The fourth-order valence-corrected chi connectivity index (χ4v) is 2.69. The summed E-state index contributed by atoms with van der Waals surface area (Å²) in [7, 11) is 0. The molecule has 2 rings (SSSR count). The van der Waals surface area contributed by atoms with Gasteiger partial charge in [-0.1, -0.05) is 30.3 Å². The summed E-state index contributed by atoms with van der Waals surface area (Å²) in [6.45, 7) is 9.11. The van der Waals surface area contributed by atoms with Crippen molar-refractivity contribution in [2.24, 2.45) is 0 Å². The first-order chi connectivity index (χ1) is 10.8. The number of benzene rings is 1. The van der Waals surface area contributed by atoms with Crippen LogP contribution in [0.15, 0.2) is 30.3 Å². The van der Waals surface area contributed by atoms with Gasteiger partial charge < -0.3 is 14.5 Å². The highest BCUT2D eigenvalue weighted by atomic mass is 16.6. The maximum atomic E-state index is 12.5. The number of ether oxygens (including phenoxy) is 1. The second-order valence-corrected chi connectivity index (χ2v) is 7.02. The fourth-order valence-electron chi connectivity index (χ4n) is 2.69. The minimum atomic E-state index is -0.499. The SMILES string of the molecule is C[C@H]1CN(C(=O)OC(C)(C)C)CCN1C(=O)Cc1ccccc1. The Balaban J connectivity index is 1.91. The fraction of sp³-hybridized carbons (Fsp3) is 0.556. The Kier molecular flexibility index (Phi) is 5.29. The second-order valence-electron chi connectivity index (χ2n) is 7.02. The van der Waals surface area contributed by atoms with E-state index in [0.717, 1.165) is 5.56 Å². The molecule has 1 atom stereocenters. The van der Waals surface area contributed by atoms with Crippen LogP contribution in [0.4, 0.5) is 4.79 Å². The van der Waals surface area contributed by atoms with Crippen LogP contribution in [0, 0.1) is 0 Å². The molecule has 1 heterocycles. The normalized spacial score (nSPS) is 18.7. The summed E-state index contributed by atoms with van der Waals surface area (Å²) in [5.74, 6) is 0.104. The third-order valence-electron chi connectivity index (χ3n) is 3.80. The molecule has 0 aliphatic carbocycles. The largest absolute Gasteiger partial charge is 0.444 e. The van der Waals surface area contributed by atoms with Crippen LogP contribution < -0.4 is 0 Å². The first-order valence-electron chi connectivity index (χ1n) is 8.07. The van der Waals surface area contributed by atoms with Gasteiger partial charge in [0.05, 0.1) is 6.42 Å². The van der Waals surface area contributed by atoms with Gasteiger partial charge in [0.2, 0.25) is 5.91 Å². The maximum Gasteiger partial charge on any atom is 0.410 e. The molecule has 0 spiro atoms. The van der Waals surface area contributed by atoms with E-state index in [0.29, 0.717) is 26.1 Å². The van der Waals surface area contributed by atoms with Gasteiger partial charge in [-0.2, -0.15) is 0 Å². The Bertz CT molecular complexity index is 551. The van der Waals surface area contributed by atoms with Crippen molar-refractivity contribution in [1.82, 2.24) is 9.80 Å². The van der Waals surface area contributed by atoms with Crippen molar-refractivity contribution in [3.8, 4) is 0 Å². The molecule has 5 heteroatoms. The summed E-state index contributed by atoms with van der Waals surface area (Å²) in [5.41, 5.74) is 0.514. The van der Waals surface area contributed by atoms with Crippen molar-refractivity contribution in [3.63, 3.8) is 0 Å². The lowest BCUT2D eigenvalue weighted by molar-refractivity contribution is -0.134. The van der Waals surface area contributed by atoms with Gasteiger partial charge in [0.25, 0.3) is 0 Å². The van der Waals surface area contributed by atoms with E-state index >= 15 is 0 Å². The van der Waals surface area contributed by atoms with Crippen LogP contribution in [-0.4, -0.2) is 53.1 Å². The molecule has 23 heavy (non-hydrogen) atoms. The summed E-state index contributed by atoms with van der Waals surface area (Å²) in [6.07, 6.45) is 0.0944. The van der Waals surface area contributed by atoms with Gasteiger partial charge in [-0.3, -0.25) is 4.79 Å². The van der Waals surface area contributed by atoms with Gasteiger partial charge in [0.15, 0.2) is 0 Å². The van der Waals surface area contributed by atoms with E-state index < -0.39 is 5.60 Å². The average molecular weight is 318 g/mol. The van der Waals surface area contributed by atoms with Crippen LogP contribution in [0.5, 0.6) is 0 Å². The zero-order chi connectivity index (χ0) is 17.0. The standard InChI is InChI=1S/C18H26N2O3/c1-14-13-19(17(22)23-18(2,3)4)10-11-20(14)16(21)12-15-8-6-5-7-9-15/h5-9,14H,10-13H2,1-4H3/t14-/m0/s1. The Morgan fingerprint density at radius 2 is 1.83 bits per heavy atom. The monoisotopic (exact) mass is 318 g/mol. The lowest BCUT2D eigenvalue weighted by Gasteiger charge is -2.40. The summed E-state index contributed by atoms with van der Waals surface area (Å²) < 4.78 is 5.40. The van der Waals surface area contributed by atoms with Crippen molar-refractivity contribution < 1.29 is 14.3 Å². The number of carbonyl (C=O) groups excluding carboxylic acids is 2. The van der Waals surface area contributed by atoms with E-state index in [1.807, 2.05) is 62.9 Å². The van der Waals surface area contributed by atoms with Gasteiger partial charge in [-0.25, -0.2) is 4.79 Å². The first kappa shape index (κ1) is 17.3. The Morgan fingerprint density at radius 3 is 2.39 bits per heavy atom. The summed E-state index contributed by atoms with van der Waals surface area (Å²) in [4.78, 5) is 28.1. The Hall–Kier alpha value is -2.04. The molecule has 0 saturated carbocycles. The summed E-state index contributed by atoms with van der Waals surface area (Å²) >= 11 is 0. The number of carbonyl (C=O) groups is 2. The average Bonchev–Trinajstić information content (AvgIpc) is 2.46.